The molecule has 3 fully saturated rings. The molecule has 2 amide bonds. The van der Waals surface area contributed by atoms with E-state index in [1.54, 1.807) is 0 Å². The highest BCUT2D eigenvalue weighted by molar-refractivity contribution is 5.79. The molecule has 1 heterocycles. The van der Waals surface area contributed by atoms with Gasteiger partial charge in [-0.1, -0.05) is 19.3 Å². The summed E-state index contributed by atoms with van der Waals surface area (Å²) in [5.41, 5.74) is 6.06. The fourth-order valence-electron chi connectivity index (χ4n) is 5.32. The molecule has 3 N–H and O–H groups in total. The standard InChI is InChI=1S/C22H39N3O2/c1-16(23)19-8-5-13-25(15-19)22(27)18-9-11-20(12-10-18)24-21(26)14-17-6-3-2-4-7-17/h16-20H,2-15,23H2,1H3,(H,24,26). The van der Waals surface area contributed by atoms with E-state index in [0.717, 1.165) is 51.6 Å². The van der Waals surface area contributed by atoms with Crippen LogP contribution in [0.3, 0.4) is 0 Å². The Morgan fingerprint density at radius 1 is 1.00 bits per heavy atom. The van der Waals surface area contributed by atoms with Crippen LogP contribution >= 0.6 is 0 Å². The van der Waals surface area contributed by atoms with Gasteiger partial charge >= 0.3 is 0 Å². The molecule has 0 radical (unpaired) electrons. The molecule has 1 saturated heterocycles. The molecule has 2 atom stereocenters. The molecule has 0 aromatic rings. The Bertz CT molecular complexity index is 494. The smallest absolute Gasteiger partial charge is 0.225 e. The van der Waals surface area contributed by atoms with Gasteiger partial charge < -0.3 is 16.0 Å². The Morgan fingerprint density at radius 3 is 2.37 bits per heavy atom. The van der Waals surface area contributed by atoms with Gasteiger partial charge in [-0.25, -0.2) is 0 Å². The number of piperidine rings is 1. The molecule has 3 aliphatic rings. The van der Waals surface area contributed by atoms with E-state index in [-0.39, 0.29) is 23.9 Å². The van der Waals surface area contributed by atoms with E-state index in [0.29, 0.717) is 24.2 Å². The Morgan fingerprint density at radius 2 is 1.70 bits per heavy atom. The van der Waals surface area contributed by atoms with Gasteiger partial charge in [0.15, 0.2) is 0 Å². The van der Waals surface area contributed by atoms with Crippen molar-refractivity contribution in [3.8, 4) is 0 Å². The van der Waals surface area contributed by atoms with Crippen molar-refractivity contribution in [2.45, 2.75) is 96.1 Å². The number of nitrogens with one attached hydrogen (secondary N) is 1. The molecule has 3 rings (SSSR count). The quantitative estimate of drug-likeness (QED) is 0.772. The van der Waals surface area contributed by atoms with Crippen LogP contribution in [0, 0.1) is 17.8 Å². The average Bonchev–Trinajstić information content (AvgIpc) is 2.69. The third kappa shape index (κ3) is 5.94. The predicted molar refractivity (Wildman–Crippen MR) is 108 cm³/mol. The first-order chi connectivity index (χ1) is 13.0. The molecule has 5 heteroatoms. The maximum atomic E-state index is 12.9. The lowest BCUT2D eigenvalue weighted by atomic mass is 9.83. The topological polar surface area (TPSA) is 75.4 Å². The number of carbonyl (C=O) groups excluding carboxylic acids is 2. The first kappa shape index (κ1) is 20.6. The number of carbonyl (C=O) groups is 2. The highest BCUT2D eigenvalue weighted by Gasteiger charge is 2.33. The van der Waals surface area contributed by atoms with Crippen LogP contribution in [0.25, 0.3) is 0 Å². The molecule has 0 aromatic carbocycles. The van der Waals surface area contributed by atoms with E-state index < -0.39 is 0 Å². The third-order valence-corrected chi connectivity index (χ3v) is 7.15. The van der Waals surface area contributed by atoms with Gasteiger partial charge in [0.1, 0.15) is 0 Å². The molecule has 154 valence electrons. The van der Waals surface area contributed by atoms with E-state index in [1.807, 2.05) is 0 Å². The summed E-state index contributed by atoms with van der Waals surface area (Å²) in [6, 6.07) is 0.430. The minimum Gasteiger partial charge on any atom is -0.353 e. The summed E-state index contributed by atoms with van der Waals surface area (Å²) in [6.07, 6.45) is 12.9. The molecule has 0 spiro atoms. The lowest BCUT2D eigenvalue weighted by Gasteiger charge is -2.38. The summed E-state index contributed by atoms with van der Waals surface area (Å²) < 4.78 is 0. The van der Waals surface area contributed by atoms with Crippen LogP contribution in [0.2, 0.25) is 0 Å². The van der Waals surface area contributed by atoms with Crippen LogP contribution < -0.4 is 11.1 Å². The van der Waals surface area contributed by atoms with Crippen molar-refractivity contribution in [2.24, 2.45) is 23.5 Å². The van der Waals surface area contributed by atoms with Crippen molar-refractivity contribution in [2.75, 3.05) is 13.1 Å². The lowest BCUT2D eigenvalue weighted by Crippen LogP contribution is -2.48. The van der Waals surface area contributed by atoms with Gasteiger partial charge in [0.05, 0.1) is 0 Å². The van der Waals surface area contributed by atoms with Crippen molar-refractivity contribution in [1.82, 2.24) is 10.2 Å². The average molecular weight is 378 g/mol. The van der Waals surface area contributed by atoms with Gasteiger partial charge in [-0.2, -0.15) is 0 Å². The number of amides is 2. The zero-order chi connectivity index (χ0) is 19.2. The minimum absolute atomic E-state index is 0.142. The zero-order valence-corrected chi connectivity index (χ0v) is 17.1. The second kappa shape index (κ2) is 9.90. The van der Waals surface area contributed by atoms with Gasteiger partial charge in [-0.05, 0) is 70.1 Å². The van der Waals surface area contributed by atoms with Crippen molar-refractivity contribution >= 4 is 11.8 Å². The Kier molecular flexibility index (Phi) is 7.57. The Labute approximate surface area is 164 Å². The van der Waals surface area contributed by atoms with Crippen LogP contribution in [0.1, 0.15) is 84.0 Å². The number of likely N-dealkylation sites (tertiary alicyclic amines) is 1. The lowest BCUT2D eigenvalue weighted by molar-refractivity contribution is -0.138. The van der Waals surface area contributed by atoms with Gasteiger partial charge in [0.2, 0.25) is 11.8 Å². The summed E-state index contributed by atoms with van der Waals surface area (Å²) >= 11 is 0. The van der Waals surface area contributed by atoms with E-state index in [1.165, 1.54) is 32.1 Å². The molecule has 27 heavy (non-hydrogen) atoms. The number of nitrogens with zero attached hydrogens (tertiary/aromatic N) is 1. The fraction of sp³-hybridized carbons (Fsp3) is 0.909. The summed E-state index contributed by atoms with van der Waals surface area (Å²) in [7, 11) is 0. The maximum absolute atomic E-state index is 12.9. The van der Waals surface area contributed by atoms with Gasteiger partial charge in [0, 0.05) is 37.5 Å². The van der Waals surface area contributed by atoms with Crippen LogP contribution in [0.4, 0.5) is 0 Å². The van der Waals surface area contributed by atoms with E-state index >= 15 is 0 Å². The Balaban J connectivity index is 1.39. The molecule has 2 unspecified atom stereocenters. The fourth-order valence-corrected chi connectivity index (χ4v) is 5.32. The highest BCUT2D eigenvalue weighted by atomic mass is 16.2. The molecule has 0 aromatic heterocycles. The molecule has 2 saturated carbocycles. The second-order valence-electron chi connectivity index (χ2n) is 9.37. The largest absolute Gasteiger partial charge is 0.353 e. The van der Waals surface area contributed by atoms with Gasteiger partial charge in [-0.3, -0.25) is 9.59 Å². The number of nitrogens with two attached hydrogens (primary N) is 1. The third-order valence-electron chi connectivity index (χ3n) is 7.15. The molecule has 2 aliphatic carbocycles. The molecule has 5 nitrogen and oxygen atoms in total. The summed E-state index contributed by atoms with van der Waals surface area (Å²) in [6.45, 7) is 3.77. The highest BCUT2D eigenvalue weighted by Crippen LogP contribution is 2.29. The predicted octanol–water partition coefficient (Wildman–Crippen LogP) is 3.22. The maximum Gasteiger partial charge on any atom is 0.225 e. The zero-order valence-electron chi connectivity index (χ0n) is 17.1. The van der Waals surface area contributed by atoms with Crippen molar-refractivity contribution in [3.63, 3.8) is 0 Å². The van der Waals surface area contributed by atoms with E-state index in [9.17, 15) is 9.59 Å². The first-order valence-electron chi connectivity index (χ1n) is 11.4. The summed E-state index contributed by atoms with van der Waals surface area (Å²) in [5, 5.41) is 3.25. The molecule has 0 bridgehead atoms. The van der Waals surface area contributed by atoms with Crippen LogP contribution in [-0.2, 0) is 9.59 Å². The van der Waals surface area contributed by atoms with Crippen molar-refractivity contribution < 1.29 is 9.59 Å². The molecule has 1 aliphatic heterocycles. The van der Waals surface area contributed by atoms with Crippen molar-refractivity contribution in [3.05, 3.63) is 0 Å². The monoisotopic (exact) mass is 377 g/mol. The molecular weight excluding hydrogens is 338 g/mol. The Hall–Kier alpha value is -1.10. The summed E-state index contributed by atoms with van der Waals surface area (Å²) in [4.78, 5) is 27.3. The van der Waals surface area contributed by atoms with Gasteiger partial charge in [0.25, 0.3) is 0 Å². The second-order valence-corrected chi connectivity index (χ2v) is 9.37. The van der Waals surface area contributed by atoms with Crippen LogP contribution in [0.15, 0.2) is 0 Å². The van der Waals surface area contributed by atoms with Crippen LogP contribution in [-0.4, -0.2) is 41.9 Å². The van der Waals surface area contributed by atoms with Crippen LogP contribution in [0.5, 0.6) is 0 Å². The number of hydrogen-bond acceptors (Lipinski definition) is 3. The van der Waals surface area contributed by atoms with Crippen molar-refractivity contribution in [1.29, 1.82) is 0 Å². The van der Waals surface area contributed by atoms with E-state index in [4.69, 9.17) is 5.73 Å². The number of hydrogen-bond donors (Lipinski definition) is 2. The minimum atomic E-state index is 0.142. The van der Waals surface area contributed by atoms with E-state index in [2.05, 4.69) is 17.1 Å². The SMILES string of the molecule is CC(N)C1CCCN(C(=O)C2CCC(NC(=O)CC3CCCCC3)CC2)C1. The van der Waals surface area contributed by atoms with Gasteiger partial charge in [-0.15, -0.1) is 0 Å². The number of rotatable bonds is 5. The summed E-state index contributed by atoms with van der Waals surface area (Å²) in [5.74, 6) is 1.73. The first-order valence-corrected chi connectivity index (χ1v) is 11.4. The normalized spacial score (nSPS) is 31.3. The molecular formula is C22H39N3O2.